The minimum absolute atomic E-state index is 0.156. The lowest BCUT2D eigenvalue weighted by molar-refractivity contribution is -0.0408. The van der Waals surface area contributed by atoms with E-state index in [1.807, 2.05) is 0 Å². The van der Waals surface area contributed by atoms with Crippen molar-refractivity contribution in [2.24, 2.45) is 0 Å². The van der Waals surface area contributed by atoms with Gasteiger partial charge in [-0.05, 0) is 30.5 Å². The van der Waals surface area contributed by atoms with E-state index in [0.717, 1.165) is 25.0 Å². The van der Waals surface area contributed by atoms with Crippen molar-refractivity contribution in [3.05, 3.63) is 34.9 Å². The Morgan fingerprint density at radius 2 is 2.07 bits per heavy atom. The van der Waals surface area contributed by atoms with Crippen LogP contribution in [0.4, 0.5) is 0 Å². The van der Waals surface area contributed by atoms with Crippen molar-refractivity contribution in [1.29, 1.82) is 0 Å². The fourth-order valence-electron chi connectivity index (χ4n) is 1.71. The lowest BCUT2D eigenvalue weighted by atomic mass is 10.0. The standard InChI is InChI=1S/C11H12ClO2/c12-9-5-3-8(4-6-9)11(13)10-2-1-7-14-10/h3-6,10-11H,1-2,7H2/t10-,11-/m1/s1. The molecule has 0 amide bonds. The van der Waals surface area contributed by atoms with Gasteiger partial charge in [0.25, 0.3) is 0 Å². The van der Waals surface area contributed by atoms with Gasteiger partial charge in [-0.2, -0.15) is 0 Å². The third-order valence-corrected chi connectivity index (χ3v) is 2.75. The van der Waals surface area contributed by atoms with Crippen LogP contribution in [0.1, 0.15) is 24.5 Å². The van der Waals surface area contributed by atoms with Crippen LogP contribution in [0.25, 0.3) is 0 Å². The molecule has 75 valence electrons. The van der Waals surface area contributed by atoms with Crippen molar-refractivity contribution >= 4 is 11.6 Å². The first-order chi connectivity index (χ1) is 6.77. The van der Waals surface area contributed by atoms with Crippen molar-refractivity contribution in [2.45, 2.75) is 25.0 Å². The molecular weight excluding hydrogens is 200 g/mol. The molecule has 1 saturated heterocycles. The fourth-order valence-corrected chi connectivity index (χ4v) is 1.83. The predicted octanol–water partition coefficient (Wildman–Crippen LogP) is 2.99. The van der Waals surface area contributed by atoms with Gasteiger partial charge in [0.1, 0.15) is 6.10 Å². The Bertz CT molecular complexity index is 291. The molecule has 0 unspecified atom stereocenters. The van der Waals surface area contributed by atoms with E-state index < -0.39 is 6.10 Å². The zero-order valence-corrected chi connectivity index (χ0v) is 8.54. The van der Waals surface area contributed by atoms with Gasteiger partial charge in [-0.25, -0.2) is 5.11 Å². The van der Waals surface area contributed by atoms with Gasteiger partial charge in [0.05, 0.1) is 6.10 Å². The molecule has 2 nitrogen and oxygen atoms in total. The lowest BCUT2D eigenvalue weighted by Gasteiger charge is -2.15. The van der Waals surface area contributed by atoms with Crippen molar-refractivity contribution in [2.75, 3.05) is 6.61 Å². The minimum atomic E-state index is -0.769. The summed E-state index contributed by atoms with van der Waals surface area (Å²) < 4.78 is 5.35. The molecule has 0 aliphatic carbocycles. The summed E-state index contributed by atoms with van der Waals surface area (Å²) in [5, 5.41) is 12.5. The van der Waals surface area contributed by atoms with Gasteiger partial charge in [0.15, 0.2) is 0 Å². The Kier molecular flexibility index (Phi) is 3.06. The second-order valence-corrected chi connectivity index (χ2v) is 3.96. The Morgan fingerprint density at radius 1 is 1.36 bits per heavy atom. The highest BCUT2D eigenvalue weighted by Gasteiger charge is 2.26. The maximum Gasteiger partial charge on any atom is 0.144 e. The first-order valence-electron chi connectivity index (χ1n) is 4.80. The van der Waals surface area contributed by atoms with Gasteiger partial charge in [-0.15, -0.1) is 0 Å². The quantitative estimate of drug-likeness (QED) is 0.740. The lowest BCUT2D eigenvalue weighted by Crippen LogP contribution is -2.15. The molecule has 1 aromatic rings. The molecule has 0 aromatic heterocycles. The Morgan fingerprint density at radius 3 is 2.64 bits per heavy atom. The highest BCUT2D eigenvalue weighted by atomic mass is 35.5. The molecule has 1 fully saturated rings. The molecule has 1 aliphatic rings. The van der Waals surface area contributed by atoms with E-state index in [1.165, 1.54) is 0 Å². The molecule has 1 radical (unpaired) electrons. The number of hydrogen-bond donors (Lipinski definition) is 0. The van der Waals surface area contributed by atoms with Crippen LogP contribution >= 0.6 is 11.6 Å². The van der Waals surface area contributed by atoms with E-state index in [2.05, 4.69) is 0 Å². The Labute approximate surface area is 88.5 Å². The number of halogens is 1. The van der Waals surface area contributed by atoms with Crippen LogP contribution in [0.2, 0.25) is 5.02 Å². The molecule has 3 heteroatoms. The van der Waals surface area contributed by atoms with Crippen LogP contribution < -0.4 is 0 Å². The highest BCUT2D eigenvalue weighted by Crippen LogP contribution is 2.27. The summed E-state index contributed by atoms with van der Waals surface area (Å²) in [6, 6.07) is 7.05. The molecule has 14 heavy (non-hydrogen) atoms. The first-order valence-corrected chi connectivity index (χ1v) is 5.18. The Hall–Kier alpha value is -0.570. The van der Waals surface area contributed by atoms with Crippen molar-refractivity contribution in [3.63, 3.8) is 0 Å². The zero-order chi connectivity index (χ0) is 9.97. The summed E-state index contributed by atoms with van der Waals surface area (Å²) in [6.07, 6.45) is 0.944. The molecule has 2 rings (SSSR count). The molecule has 1 aromatic carbocycles. The van der Waals surface area contributed by atoms with E-state index in [-0.39, 0.29) is 6.10 Å². The molecule has 1 heterocycles. The molecular formula is C11H12ClO2. The maximum atomic E-state index is 11.9. The smallest absolute Gasteiger partial charge is 0.144 e. The van der Waals surface area contributed by atoms with Crippen LogP contribution in [-0.2, 0) is 9.84 Å². The van der Waals surface area contributed by atoms with E-state index in [9.17, 15) is 5.11 Å². The van der Waals surface area contributed by atoms with Crippen molar-refractivity contribution in [1.82, 2.24) is 0 Å². The van der Waals surface area contributed by atoms with E-state index >= 15 is 0 Å². The van der Waals surface area contributed by atoms with E-state index in [0.29, 0.717) is 5.02 Å². The Balaban J connectivity index is 2.09. The third-order valence-electron chi connectivity index (χ3n) is 2.50. The highest BCUT2D eigenvalue weighted by molar-refractivity contribution is 6.30. The topological polar surface area (TPSA) is 29.1 Å². The molecule has 2 atom stereocenters. The number of hydrogen-bond acceptors (Lipinski definition) is 1. The van der Waals surface area contributed by atoms with Gasteiger partial charge < -0.3 is 4.74 Å². The average molecular weight is 212 g/mol. The summed E-state index contributed by atoms with van der Waals surface area (Å²) >= 11 is 5.74. The van der Waals surface area contributed by atoms with Gasteiger partial charge >= 0.3 is 0 Å². The van der Waals surface area contributed by atoms with Crippen LogP contribution in [0, 0.1) is 0 Å². The maximum absolute atomic E-state index is 11.9. The van der Waals surface area contributed by atoms with Crippen LogP contribution in [0.3, 0.4) is 0 Å². The summed E-state index contributed by atoms with van der Waals surface area (Å²) in [6.45, 7) is 0.719. The van der Waals surface area contributed by atoms with E-state index in [4.69, 9.17) is 16.3 Å². The third kappa shape index (κ3) is 2.08. The largest absolute Gasteiger partial charge is 0.375 e. The summed E-state index contributed by atoms with van der Waals surface area (Å²) in [5.74, 6) is 0. The predicted molar refractivity (Wildman–Crippen MR) is 53.9 cm³/mol. The zero-order valence-electron chi connectivity index (χ0n) is 7.78. The van der Waals surface area contributed by atoms with Crippen LogP contribution in [0.15, 0.2) is 24.3 Å². The van der Waals surface area contributed by atoms with Gasteiger partial charge in [0.2, 0.25) is 0 Å². The normalized spacial score (nSPS) is 23.7. The molecule has 0 N–H and O–H groups in total. The molecule has 1 aliphatic heterocycles. The van der Waals surface area contributed by atoms with E-state index in [1.54, 1.807) is 24.3 Å². The number of benzene rings is 1. The average Bonchev–Trinajstić information content (AvgIpc) is 2.71. The number of ether oxygens (including phenoxy) is 1. The fraction of sp³-hybridized carbons (Fsp3) is 0.455. The summed E-state index contributed by atoms with van der Waals surface area (Å²) in [4.78, 5) is 0. The van der Waals surface area contributed by atoms with Crippen LogP contribution in [0.5, 0.6) is 0 Å². The first kappa shape index (κ1) is 9.97. The monoisotopic (exact) mass is 211 g/mol. The molecule has 0 spiro atoms. The van der Waals surface area contributed by atoms with Crippen molar-refractivity contribution in [3.8, 4) is 0 Å². The molecule has 0 saturated carbocycles. The SMILES string of the molecule is [O][C@H](c1ccc(Cl)cc1)[C@H]1CCCO1. The molecule has 0 bridgehead atoms. The van der Waals surface area contributed by atoms with Gasteiger partial charge in [0, 0.05) is 11.6 Å². The summed E-state index contributed by atoms with van der Waals surface area (Å²) in [7, 11) is 0. The second-order valence-electron chi connectivity index (χ2n) is 3.52. The number of rotatable bonds is 2. The summed E-state index contributed by atoms with van der Waals surface area (Å²) in [5.41, 5.74) is 0.765. The minimum Gasteiger partial charge on any atom is -0.375 e. The van der Waals surface area contributed by atoms with Crippen molar-refractivity contribution < 1.29 is 9.84 Å². The second kappa shape index (κ2) is 4.30. The van der Waals surface area contributed by atoms with Gasteiger partial charge in [-0.1, -0.05) is 23.7 Å². The van der Waals surface area contributed by atoms with Gasteiger partial charge in [-0.3, -0.25) is 0 Å². The van der Waals surface area contributed by atoms with Crippen LogP contribution in [-0.4, -0.2) is 12.7 Å².